The molecular weight excluding hydrogens is 312 g/mol. The third-order valence-electron chi connectivity index (χ3n) is 9.26. The molecule has 8 atom stereocenters. The molecule has 4 aliphatic rings. The summed E-state index contributed by atoms with van der Waals surface area (Å²) in [6.45, 7) is 8.77. The molecule has 0 amide bonds. The van der Waals surface area contributed by atoms with Crippen LogP contribution in [0.4, 0.5) is 0 Å². The number of rotatable bonds is 1. The number of hydrogen-bond acceptors (Lipinski definition) is 3. The predicted molar refractivity (Wildman–Crippen MR) is 96.8 cm³/mol. The van der Waals surface area contributed by atoms with E-state index in [-0.39, 0.29) is 17.5 Å². The Kier molecular flexibility index (Phi) is 4.09. The molecule has 0 saturated heterocycles. The first-order valence-corrected chi connectivity index (χ1v) is 10.5. The number of esters is 1. The highest BCUT2D eigenvalue weighted by Gasteiger charge is 2.62. The Morgan fingerprint density at radius 3 is 2.52 bits per heavy atom. The molecule has 4 saturated carbocycles. The van der Waals surface area contributed by atoms with Crippen molar-refractivity contribution in [2.45, 2.75) is 85.2 Å². The van der Waals surface area contributed by atoms with E-state index in [1.165, 1.54) is 32.1 Å². The first-order valence-electron chi connectivity index (χ1n) is 10.5. The molecule has 25 heavy (non-hydrogen) atoms. The van der Waals surface area contributed by atoms with Crippen LogP contribution in [0.2, 0.25) is 0 Å². The molecule has 0 heterocycles. The third kappa shape index (κ3) is 2.44. The second-order valence-corrected chi connectivity index (χ2v) is 10.1. The van der Waals surface area contributed by atoms with Crippen molar-refractivity contribution in [3.8, 4) is 0 Å². The number of carbonyl (C=O) groups is 2. The quantitative estimate of drug-likeness (QED) is 0.642. The molecular formula is C22H34O3. The van der Waals surface area contributed by atoms with Crippen molar-refractivity contribution in [2.75, 3.05) is 0 Å². The highest BCUT2D eigenvalue weighted by atomic mass is 16.5. The van der Waals surface area contributed by atoms with Gasteiger partial charge in [-0.15, -0.1) is 0 Å². The lowest BCUT2D eigenvalue weighted by molar-refractivity contribution is -0.167. The van der Waals surface area contributed by atoms with Gasteiger partial charge in [-0.05, 0) is 73.5 Å². The van der Waals surface area contributed by atoms with Gasteiger partial charge in [-0.25, -0.2) is 0 Å². The molecule has 140 valence electrons. The van der Waals surface area contributed by atoms with E-state index in [4.69, 9.17) is 4.74 Å². The number of Topliss-reactive ketones (excluding diaryl/α,β-unsaturated/α-hetero) is 1. The van der Waals surface area contributed by atoms with Crippen LogP contribution >= 0.6 is 0 Å². The molecule has 1 unspecified atom stereocenters. The van der Waals surface area contributed by atoms with Gasteiger partial charge >= 0.3 is 5.97 Å². The molecule has 3 heteroatoms. The molecule has 0 radical (unpaired) electrons. The first-order chi connectivity index (χ1) is 11.8. The van der Waals surface area contributed by atoms with Crippen molar-refractivity contribution in [3.63, 3.8) is 0 Å². The zero-order valence-electron chi connectivity index (χ0n) is 16.3. The Labute approximate surface area is 152 Å². The van der Waals surface area contributed by atoms with Crippen molar-refractivity contribution in [2.24, 2.45) is 40.4 Å². The van der Waals surface area contributed by atoms with E-state index in [1.807, 2.05) is 0 Å². The van der Waals surface area contributed by atoms with Crippen LogP contribution in [0.15, 0.2) is 0 Å². The van der Waals surface area contributed by atoms with Crippen LogP contribution in [0.3, 0.4) is 0 Å². The Bertz CT molecular complexity index is 584. The van der Waals surface area contributed by atoms with Crippen molar-refractivity contribution in [1.29, 1.82) is 0 Å². The maximum Gasteiger partial charge on any atom is 0.302 e. The number of fused-ring (bicyclic) bond motifs is 5. The van der Waals surface area contributed by atoms with E-state index in [2.05, 4.69) is 20.8 Å². The fourth-order valence-corrected chi connectivity index (χ4v) is 7.82. The van der Waals surface area contributed by atoms with Gasteiger partial charge in [0, 0.05) is 25.2 Å². The molecule has 4 fully saturated rings. The van der Waals surface area contributed by atoms with Crippen molar-refractivity contribution >= 4 is 11.8 Å². The molecule has 0 spiro atoms. The largest absolute Gasteiger partial charge is 0.462 e. The van der Waals surface area contributed by atoms with Gasteiger partial charge in [0.15, 0.2) is 0 Å². The van der Waals surface area contributed by atoms with E-state index in [0.717, 1.165) is 31.1 Å². The summed E-state index contributed by atoms with van der Waals surface area (Å²) in [6, 6.07) is 0. The lowest BCUT2D eigenvalue weighted by Crippen LogP contribution is -2.56. The summed E-state index contributed by atoms with van der Waals surface area (Å²) in [5.41, 5.74) is 0.501. The van der Waals surface area contributed by atoms with E-state index in [9.17, 15) is 9.59 Å². The second-order valence-electron chi connectivity index (χ2n) is 10.1. The standard InChI is InChI=1S/C22H34O3/c1-13-11-16(24)12-15-5-6-17-18-7-8-20(25-14(2)23)21(18,3)10-9-19(17)22(13,15)4/h13,15,17-20H,5-12H2,1-4H3/t13-,15-,17-,18-,19-,20?,21-,22-/m0/s1. The third-order valence-corrected chi connectivity index (χ3v) is 9.26. The van der Waals surface area contributed by atoms with Gasteiger partial charge in [0.1, 0.15) is 11.9 Å². The molecule has 0 aromatic heterocycles. The van der Waals surface area contributed by atoms with Gasteiger partial charge in [-0.1, -0.05) is 20.8 Å². The minimum absolute atomic E-state index is 0.117. The number of carbonyl (C=O) groups excluding carboxylic acids is 2. The van der Waals surface area contributed by atoms with Gasteiger partial charge in [0.05, 0.1) is 0 Å². The number of ether oxygens (including phenoxy) is 1. The first kappa shape index (κ1) is 17.5. The normalized spacial score (nSPS) is 52.1. The Hall–Kier alpha value is -0.860. The van der Waals surface area contributed by atoms with Gasteiger partial charge in [-0.2, -0.15) is 0 Å². The molecule has 0 aromatic carbocycles. The molecule has 4 aliphatic carbocycles. The number of ketones is 1. The molecule has 0 N–H and O–H groups in total. The lowest BCUT2D eigenvalue weighted by atomic mass is 9.43. The SMILES string of the molecule is CC(=O)OC1CC[C@H]2[C@@H]3CC[C@H]4CC(=O)C[C@H](C)[C@]4(C)[C@H]3CC[C@]12C. The van der Waals surface area contributed by atoms with Crippen LogP contribution < -0.4 is 0 Å². The van der Waals surface area contributed by atoms with Gasteiger partial charge < -0.3 is 4.74 Å². The molecule has 0 aromatic rings. The van der Waals surface area contributed by atoms with Crippen LogP contribution in [-0.2, 0) is 14.3 Å². The Morgan fingerprint density at radius 1 is 1.04 bits per heavy atom. The average Bonchev–Trinajstić information content (AvgIpc) is 2.85. The van der Waals surface area contributed by atoms with Crippen LogP contribution in [0.1, 0.15) is 79.1 Å². The summed E-state index contributed by atoms with van der Waals surface area (Å²) in [7, 11) is 0. The lowest BCUT2D eigenvalue weighted by Gasteiger charge is -2.62. The number of hydrogen-bond donors (Lipinski definition) is 0. The zero-order chi connectivity index (χ0) is 18.0. The maximum atomic E-state index is 12.2. The van der Waals surface area contributed by atoms with Gasteiger partial charge in [0.25, 0.3) is 0 Å². The van der Waals surface area contributed by atoms with E-state index >= 15 is 0 Å². The maximum absolute atomic E-state index is 12.2. The minimum atomic E-state index is -0.121. The summed E-state index contributed by atoms with van der Waals surface area (Å²) in [5.74, 6) is 3.69. The molecule has 0 aliphatic heterocycles. The van der Waals surface area contributed by atoms with Crippen LogP contribution in [0.5, 0.6) is 0 Å². The van der Waals surface area contributed by atoms with Crippen molar-refractivity contribution in [1.82, 2.24) is 0 Å². The minimum Gasteiger partial charge on any atom is -0.462 e. The molecule has 3 nitrogen and oxygen atoms in total. The van der Waals surface area contributed by atoms with E-state index < -0.39 is 0 Å². The smallest absolute Gasteiger partial charge is 0.302 e. The summed E-state index contributed by atoms with van der Waals surface area (Å²) >= 11 is 0. The van der Waals surface area contributed by atoms with Crippen molar-refractivity contribution in [3.05, 3.63) is 0 Å². The Balaban J connectivity index is 1.61. The average molecular weight is 347 g/mol. The molecule has 0 bridgehead atoms. The van der Waals surface area contributed by atoms with Crippen LogP contribution in [0.25, 0.3) is 0 Å². The van der Waals surface area contributed by atoms with E-state index in [1.54, 1.807) is 6.92 Å². The highest BCUT2D eigenvalue weighted by Crippen LogP contribution is 2.67. The second kappa shape index (κ2) is 5.82. The van der Waals surface area contributed by atoms with Gasteiger partial charge in [-0.3, -0.25) is 9.59 Å². The Morgan fingerprint density at radius 2 is 1.80 bits per heavy atom. The summed E-state index contributed by atoms with van der Waals surface area (Å²) in [5, 5.41) is 0. The van der Waals surface area contributed by atoms with Crippen molar-refractivity contribution < 1.29 is 14.3 Å². The molecule has 4 rings (SSSR count). The van der Waals surface area contributed by atoms with Crippen LogP contribution in [0, 0.1) is 40.4 Å². The monoisotopic (exact) mass is 346 g/mol. The fourth-order valence-electron chi connectivity index (χ4n) is 7.82. The predicted octanol–water partition coefficient (Wildman–Crippen LogP) is 4.78. The fraction of sp³-hybridized carbons (Fsp3) is 0.909. The topological polar surface area (TPSA) is 43.4 Å². The summed E-state index contributed by atoms with van der Waals surface area (Å²) in [6.07, 6.45) is 8.90. The zero-order valence-corrected chi connectivity index (χ0v) is 16.3. The highest BCUT2D eigenvalue weighted by molar-refractivity contribution is 5.80. The summed E-state index contributed by atoms with van der Waals surface area (Å²) < 4.78 is 5.75. The van der Waals surface area contributed by atoms with E-state index in [0.29, 0.717) is 29.0 Å². The summed E-state index contributed by atoms with van der Waals surface area (Å²) in [4.78, 5) is 23.7. The van der Waals surface area contributed by atoms with Gasteiger partial charge in [0.2, 0.25) is 0 Å². The van der Waals surface area contributed by atoms with Crippen LogP contribution in [-0.4, -0.2) is 17.9 Å².